The predicted molar refractivity (Wildman–Crippen MR) is 115 cm³/mol. The van der Waals surface area contributed by atoms with E-state index < -0.39 is 40.5 Å². The van der Waals surface area contributed by atoms with E-state index in [1.807, 2.05) is 19.1 Å². The Morgan fingerprint density at radius 1 is 1.03 bits per heavy atom. The average molecular weight is 448 g/mol. The third-order valence-electron chi connectivity index (χ3n) is 4.22. The van der Waals surface area contributed by atoms with E-state index in [2.05, 4.69) is 10.0 Å². The van der Waals surface area contributed by atoms with Gasteiger partial charge in [0.15, 0.2) is 6.61 Å². The van der Waals surface area contributed by atoms with Crippen molar-refractivity contribution < 1.29 is 27.5 Å². The van der Waals surface area contributed by atoms with Crippen LogP contribution < -0.4 is 10.0 Å². The number of hydrogen-bond donors (Lipinski definition) is 2. The molecular weight excluding hydrogens is 422 g/mol. The van der Waals surface area contributed by atoms with Gasteiger partial charge in [-0.3, -0.25) is 14.4 Å². The van der Waals surface area contributed by atoms with Gasteiger partial charge in [0.05, 0.1) is 11.4 Å². The van der Waals surface area contributed by atoms with Crippen LogP contribution >= 0.6 is 0 Å². The summed E-state index contributed by atoms with van der Waals surface area (Å²) in [5, 5.41) is 2.66. The van der Waals surface area contributed by atoms with Crippen molar-refractivity contribution in [2.75, 3.05) is 25.5 Å². The van der Waals surface area contributed by atoms with E-state index in [1.165, 1.54) is 26.1 Å². The molecule has 166 valence electrons. The Morgan fingerprint density at radius 2 is 1.65 bits per heavy atom. The number of nitrogens with one attached hydrogen (secondary N) is 2. The molecule has 0 aliphatic heterocycles. The Balaban J connectivity index is 1.80. The molecule has 0 bridgehead atoms. The van der Waals surface area contributed by atoms with Crippen LogP contribution in [0.5, 0.6) is 0 Å². The molecule has 0 aliphatic rings. The van der Waals surface area contributed by atoms with Gasteiger partial charge < -0.3 is 15.0 Å². The van der Waals surface area contributed by atoms with Gasteiger partial charge in [0.2, 0.25) is 15.9 Å². The summed E-state index contributed by atoms with van der Waals surface area (Å²) < 4.78 is 31.6. The monoisotopic (exact) mass is 447 g/mol. The van der Waals surface area contributed by atoms with E-state index in [0.717, 1.165) is 10.5 Å². The zero-order valence-corrected chi connectivity index (χ0v) is 18.3. The summed E-state index contributed by atoms with van der Waals surface area (Å²) in [6.07, 6.45) is 0. The van der Waals surface area contributed by atoms with Crippen LogP contribution in [0.2, 0.25) is 0 Å². The Labute approximate surface area is 181 Å². The van der Waals surface area contributed by atoms with Crippen molar-refractivity contribution in [3.63, 3.8) is 0 Å². The molecule has 0 fully saturated rings. The number of aryl methyl sites for hydroxylation is 1. The maximum Gasteiger partial charge on any atom is 0.324 e. The molecule has 1 atom stereocenters. The van der Waals surface area contributed by atoms with Gasteiger partial charge in [0.25, 0.3) is 5.91 Å². The number of benzene rings is 2. The maximum absolute atomic E-state index is 12.2. The van der Waals surface area contributed by atoms with Gasteiger partial charge in [-0.2, -0.15) is 4.72 Å². The standard InChI is InChI=1S/C21H25N3O6S/c1-15-9-11-17(12-10-15)22-19(25)13-24(3)20(26)14-30-21(27)16(2)23-31(28,29)18-7-5-4-6-8-18/h4-12,16,23H,13-14H2,1-3H3,(H,22,25)/t16-/m0/s1. The lowest BCUT2D eigenvalue weighted by Crippen LogP contribution is -2.42. The quantitative estimate of drug-likeness (QED) is 0.559. The first-order valence-electron chi connectivity index (χ1n) is 9.43. The predicted octanol–water partition coefficient (Wildman–Crippen LogP) is 1.30. The normalized spacial score (nSPS) is 12.0. The van der Waals surface area contributed by atoms with Gasteiger partial charge in [-0.05, 0) is 38.1 Å². The molecule has 2 N–H and O–H groups in total. The number of anilines is 1. The number of likely N-dealkylation sites (N-methyl/N-ethyl adjacent to an activating group) is 1. The summed E-state index contributed by atoms with van der Waals surface area (Å²) in [5.74, 6) is -1.93. The minimum absolute atomic E-state index is 0.00467. The fraction of sp³-hybridized carbons (Fsp3) is 0.286. The van der Waals surface area contributed by atoms with E-state index in [-0.39, 0.29) is 11.4 Å². The van der Waals surface area contributed by atoms with Crippen molar-refractivity contribution in [3.05, 3.63) is 60.2 Å². The lowest BCUT2D eigenvalue weighted by atomic mass is 10.2. The molecule has 0 unspecified atom stereocenters. The summed E-state index contributed by atoms with van der Waals surface area (Å²) in [4.78, 5) is 37.4. The highest BCUT2D eigenvalue weighted by Crippen LogP contribution is 2.09. The van der Waals surface area contributed by atoms with E-state index >= 15 is 0 Å². The van der Waals surface area contributed by atoms with Crippen molar-refractivity contribution in [2.24, 2.45) is 0 Å². The highest BCUT2D eigenvalue weighted by Gasteiger charge is 2.24. The molecule has 2 rings (SSSR count). The minimum atomic E-state index is -3.91. The van der Waals surface area contributed by atoms with Gasteiger partial charge in [0.1, 0.15) is 6.04 Å². The zero-order valence-electron chi connectivity index (χ0n) is 17.5. The number of hydrogen-bond acceptors (Lipinski definition) is 6. The van der Waals surface area contributed by atoms with Crippen molar-refractivity contribution >= 4 is 33.5 Å². The molecule has 0 saturated heterocycles. The molecule has 10 heteroatoms. The minimum Gasteiger partial charge on any atom is -0.454 e. The van der Waals surface area contributed by atoms with Crippen molar-refractivity contribution in [1.29, 1.82) is 0 Å². The van der Waals surface area contributed by atoms with Crippen LogP contribution in [-0.4, -0.2) is 57.3 Å². The smallest absolute Gasteiger partial charge is 0.324 e. The molecule has 31 heavy (non-hydrogen) atoms. The van der Waals surface area contributed by atoms with Crippen LogP contribution in [0.3, 0.4) is 0 Å². The summed E-state index contributed by atoms with van der Waals surface area (Å²) in [6, 6.07) is 13.5. The van der Waals surface area contributed by atoms with Crippen molar-refractivity contribution in [1.82, 2.24) is 9.62 Å². The third kappa shape index (κ3) is 7.50. The van der Waals surface area contributed by atoms with Gasteiger partial charge in [0, 0.05) is 12.7 Å². The van der Waals surface area contributed by atoms with Gasteiger partial charge in [-0.25, -0.2) is 8.42 Å². The summed E-state index contributed by atoms with van der Waals surface area (Å²) in [7, 11) is -2.51. The Hall–Kier alpha value is -3.24. The molecule has 0 spiro atoms. The Morgan fingerprint density at radius 3 is 2.26 bits per heavy atom. The molecule has 9 nitrogen and oxygen atoms in total. The van der Waals surface area contributed by atoms with E-state index in [4.69, 9.17) is 4.74 Å². The molecule has 0 saturated carbocycles. The lowest BCUT2D eigenvalue weighted by molar-refractivity contribution is -0.152. The molecule has 0 aromatic heterocycles. The van der Waals surface area contributed by atoms with Crippen LogP contribution in [-0.2, 0) is 29.1 Å². The van der Waals surface area contributed by atoms with E-state index in [1.54, 1.807) is 30.3 Å². The molecule has 0 heterocycles. The average Bonchev–Trinajstić information content (AvgIpc) is 2.73. The highest BCUT2D eigenvalue weighted by molar-refractivity contribution is 7.89. The Bertz CT molecular complexity index is 1020. The number of esters is 1. The number of rotatable bonds is 9. The van der Waals surface area contributed by atoms with Gasteiger partial charge >= 0.3 is 5.97 Å². The molecule has 2 aromatic carbocycles. The van der Waals surface area contributed by atoms with E-state index in [9.17, 15) is 22.8 Å². The second kappa shape index (κ2) is 10.7. The van der Waals surface area contributed by atoms with Crippen molar-refractivity contribution in [2.45, 2.75) is 24.8 Å². The topological polar surface area (TPSA) is 122 Å². The first kappa shape index (κ1) is 24.0. The number of sulfonamides is 1. The molecule has 2 amide bonds. The fourth-order valence-electron chi connectivity index (χ4n) is 2.46. The first-order valence-corrected chi connectivity index (χ1v) is 10.9. The number of amides is 2. The molecular formula is C21H25N3O6S. The molecule has 0 radical (unpaired) electrons. The number of carbonyl (C=O) groups is 3. The molecule has 2 aromatic rings. The second-order valence-electron chi connectivity index (χ2n) is 6.93. The van der Waals surface area contributed by atoms with Crippen LogP contribution in [0.1, 0.15) is 12.5 Å². The summed E-state index contributed by atoms with van der Waals surface area (Å²) >= 11 is 0. The van der Waals surface area contributed by atoms with Crippen LogP contribution in [0.25, 0.3) is 0 Å². The second-order valence-corrected chi connectivity index (χ2v) is 8.64. The van der Waals surface area contributed by atoms with Gasteiger partial charge in [-0.15, -0.1) is 0 Å². The summed E-state index contributed by atoms with van der Waals surface area (Å²) in [6.45, 7) is 2.38. The maximum atomic E-state index is 12.2. The van der Waals surface area contributed by atoms with Crippen LogP contribution in [0.15, 0.2) is 59.5 Å². The van der Waals surface area contributed by atoms with E-state index in [0.29, 0.717) is 5.69 Å². The van der Waals surface area contributed by atoms with Crippen LogP contribution in [0.4, 0.5) is 5.69 Å². The highest BCUT2D eigenvalue weighted by atomic mass is 32.2. The third-order valence-corrected chi connectivity index (χ3v) is 5.78. The number of nitrogens with zero attached hydrogens (tertiary/aromatic N) is 1. The zero-order chi connectivity index (χ0) is 23.0. The van der Waals surface area contributed by atoms with Gasteiger partial charge in [-0.1, -0.05) is 35.9 Å². The number of ether oxygens (including phenoxy) is 1. The fourth-order valence-corrected chi connectivity index (χ4v) is 3.67. The van der Waals surface area contributed by atoms with Crippen molar-refractivity contribution in [3.8, 4) is 0 Å². The SMILES string of the molecule is Cc1ccc(NC(=O)CN(C)C(=O)COC(=O)[C@H](C)NS(=O)(=O)c2ccccc2)cc1. The lowest BCUT2D eigenvalue weighted by Gasteiger charge is -2.18. The number of carbonyl (C=O) groups excluding carboxylic acids is 3. The van der Waals surface area contributed by atoms with Crippen LogP contribution in [0, 0.1) is 6.92 Å². The Kier molecular flexibility index (Phi) is 8.29. The largest absolute Gasteiger partial charge is 0.454 e. The summed E-state index contributed by atoms with van der Waals surface area (Å²) in [5.41, 5.74) is 1.65. The first-order chi connectivity index (χ1) is 14.6. The molecule has 0 aliphatic carbocycles.